The quantitative estimate of drug-likeness (QED) is 0.171. The number of thiophene rings is 1. The van der Waals surface area contributed by atoms with Gasteiger partial charge in [-0.05, 0) is 62.0 Å². The van der Waals surface area contributed by atoms with Crippen molar-refractivity contribution in [2.45, 2.75) is 0 Å². The first-order valence-electron chi connectivity index (χ1n) is 17.7. The molecule has 0 N–H and O–H groups in total. The van der Waals surface area contributed by atoms with Crippen LogP contribution in [-0.4, -0.2) is 14.5 Å². The number of hydrogen-bond acceptors (Lipinski definition) is 3. The van der Waals surface area contributed by atoms with Gasteiger partial charge in [0.05, 0.1) is 26.8 Å². The third kappa shape index (κ3) is 3.79. The molecule has 0 bridgehead atoms. The molecule has 0 unspecified atom stereocenters. The second kappa shape index (κ2) is 10.5. The van der Waals surface area contributed by atoms with Crippen LogP contribution in [0.5, 0.6) is 0 Å². The van der Waals surface area contributed by atoms with Crippen LogP contribution in [0.1, 0.15) is 0 Å². The molecule has 3 heterocycles. The molecule has 0 aliphatic heterocycles. The summed E-state index contributed by atoms with van der Waals surface area (Å²) < 4.78 is 4.98. The minimum Gasteiger partial charge on any atom is -0.290 e. The van der Waals surface area contributed by atoms with Crippen LogP contribution < -0.4 is 0 Å². The Morgan fingerprint density at radius 1 is 0.442 bits per heavy atom. The number of hydrogen-bond donors (Lipinski definition) is 0. The molecule has 12 rings (SSSR count). The van der Waals surface area contributed by atoms with Gasteiger partial charge in [0.1, 0.15) is 5.69 Å². The summed E-state index contributed by atoms with van der Waals surface area (Å²) >= 11 is 1.89. The Balaban J connectivity index is 1.34. The van der Waals surface area contributed by atoms with E-state index in [1.54, 1.807) is 0 Å². The molecule has 0 fully saturated rings. The van der Waals surface area contributed by atoms with Crippen LogP contribution in [0.25, 0.3) is 113 Å². The zero-order valence-corrected chi connectivity index (χ0v) is 28.7. The number of para-hydroxylation sites is 1. The molecule has 0 radical (unpaired) electrons. The molecule has 0 saturated carbocycles. The van der Waals surface area contributed by atoms with Crippen molar-refractivity contribution < 1.29 is 0 Å². The molecule has 9 aromatic carbocycles. The minimum absolute atomic E-state index is 0.837. The van der Waals surface area contributed by atoms with Crippen molar-refractivity contribution >= 4 is 107 Å². The lowest BCUT2D eigenvalue weighted by molar-refractivity contribution is 1.09. The maximum atomic E-state index is 5.70. The molecule has 240 valence electrons. The van der Waals surface area contributed by atoms with Gasteiger partial charge in [0.2, 0.25) is 0 Å². The fourth-order valence-corrected chi connectivity index (χ4v) is 9.90. The fourth-order valence-electron chi connectivity index (χ4n) is 8.63. The van der Waals surface area contributed by atoms with Crippen molar-refractivity contribution in [2.24, 2.45) is 0 Å². The topological polar surface area (TPSA) is 30.7 Å². The maximum absolute atomic E-state index is 5.70. The van der Waals surface area contributed by atoms with Crippen molar-refractivity contribution in [1.29, 1.82) is 0 Å². The monoisotopic (exact) mass is 677 g/mol. The highest BCUT2D eigenvalue weighted by Crippen LogP contribution is 2.50. The first-order chi connectivity index (χ1) is 25.8. The smallest absolute Gasteiger partial charge is 0.165 e. The number of rotatable bonds is 2. The molecule has 0 aliphatic rings. The average molecular weight is 678 g/mol. The van der Waals surface area contributed by atoms with Crippen LogP contribution in [0, 0.1) is 0 Å². The fraction of sp³-hybridized carbons (Fsp3) is 0. The van der Waals surface area contributed by atoms with Gasteiger partial charge in [-0.3, -0.25) is 4.57 Å². The van der Waals surface area contributed by atoms with Crippen molar-refractivity contribution in [3.8, 4) is 17.1 Å². The van der Waals surface area contributed by atoms with Crippen LogP contribution in [0.15, 0.2) is 164 Å². The second-order valence-corrected chi connectivity index (χ2v) is 14.8. The molecule has 12 aromatic rings. The van der Waals surface area contributed by atoms with Crippen LogP contribution in [0.3, 0.4) is 0 Å². The van der Waals surface area contributed by atoms with Crippen molar-refractivity contribution in [2.75, 3.05) is 0 Å². The Morgan fingerprint density at radius 2 is 1.06 bits per heavy atom. The van der Waals surface area contributed by atoms with E-state index in [-0.39, 0.29) is 0 Å². The van der Waals surface area contributed by atoms with E-state index in [9.17, 15) is 0 Å². The van der Waals surface area contributed by atoms with Gasteiger partial charge in [0.25, 0.3) is 0 Å². The highest BCUT2D eigenvalue weighted by atomic mass is 32.1. The SMILES string of the molecule is c1ccc2cc(-c3nc4ccc5ccccc5c4nc3-n3c4ccccc4c4c5ccccc5c5c(sc6ccc7ccccc7c65)c43)ccc2c1. The van der Waals surface area contributed by atoms with Crippen molar-refractivity contribution in [3.63, 3.8) is 0 Å². The zero-order chi connectivity index (χ0) is 33.9. The van der Waals surface area contributed by atoms with Crippen LogP contribution >= 0.6 is 11.3 Å². The molecule has 3 nitrogen and oxygen atoms in total. The summed E-state index contributed by atoms with van der Waals surface area (Å²) in [6.45, 7) is 0. The molecular weight excluding hydrogens is 651 g/mol. The van der Waals surface area contributed by atoms with E-state index in [1.165, 1.54) is 68.8 Å². The number of benzene rings is 9. The summed E-state index contributed by atoms with van der Waals surface area (Å²) in [5, 5.41) is 14.8. The van der Waals surface area contributed by atoms with E-state index < -0.39 is 0 Å². The number of nitrogens with zero attached hydrogens (tertiary/aromatic N) is 3. The predicted octanol–water partition coefficient (Wildman–Crippen LogP) is 13.4. The van der Waals surface area contributed by atoms with E-state index in [1.807, 2.05) is 11.3 Å². The van der Waals surface area contributed by atoms with Gasteiger partial charge in [-0.2, -0.15) is 0 Å². The van der Waals surface area contributed by atoms with E-state index in [2.05, 4.69) is 168 Å². The Morgan fingerprint density at radius 3 is 1.88 bits per heavy atom. The molecule has 52 heavy (non-hydrogen) atoms. The van der Waals surface area contributed by atoms with E-state index in [0.717, 1.165) is 44.4 Å². The summed E-state index contributed by atoms with van der Waals surface area (Å²) in [7, 11) is 0. The zero-order valence-electron chi connectivity index (χ0n) is 27.8. The third-order valence-electron chi connectivity index (χ3n) is 10.9. The highest BCUT2D eigenvalue weighted by Gasteiger charge is 2.25. The molecular formula is C48H27N3S. The Kier molecular flexibility index (Phi) is 5.65. The first kappa shape index (κ1) is 28.1. The summed E-state index contributed by atoms with van der Waals surface area (Å²) in [4.78, 5) is 11.2. The maximum Gasteiger partial charge on any atom is 0.165 e. The molecule has 3 aromatic heterocycles. The molecule has 0 saturated heterocycles. The standard InChI is InChI=1S/C48H27N3S/c1-2-14-31-27-32(22-21-28(31)11-1)44-48(50-45-34-16-6-4-13-30(34)23-25-38(45)49-44)51-39-20-10-9-19-37(39)41-35-17-7-8-18-36(35)43-42-33-15-5-3-12-29(33)24-26-40(42)52-47(43)46(41)51/h1-27H. The Bertz CT molecular complexity index is 3480. The van der Waals surface area contributed by atoms with Gasteiger partial charge in [-0.15, -0.1) is 11.3 Å². The van der Waals surface area contributed by atoms with E-state index >= 15 is 0 Å². The predicted molar refractivity (Wildman–Crippen MR) is 222 cm³/mol. The second-order valence-electron chi connectivity index (χ2n) is 13.7. The van der Waals surface area contributed by atoms with Crippen LogP contribution in [-0.2, 0) is 0 Å². The molecule has 4 heteroatoms. The normalized spacial score (nSPS) is 12.2. The number of fused-ring (bicyclic) bond motifs is 16. The lowest BCUT2D eigenvalue weighted by atomic mass is 9.96. The van der Waals surface area contributed by atoms with Crippen molar-refractivity contribution in [1.82, 2.24) is 14.5 Å². The van der Waals surface area contributed by atoms with Crippen molar-refractivity contribution in [3.05, 3.63) is 164 Å². The molecule has 0 spiro atoms. The van der Waals surface area contributed by atoms with Crippen LogP contribution in [0.4, 0.5) is 0 Å². The Labute approximate surface area is 301 Å². The number of aromatic nitrogens is 3. The minimum atomic E-state index is 0.837. The van der Waals surface area contributed by atoms with Gasteiger partial charge >= 0.3 is 0 Å². The highest BCUT2D eigenvalue weighted by molar-refractivity contribution is 7.27. The summed E-state index contributed by atoms with van der Waals surface area (Å²) in [5.74, 6) is 0.837. The summed E-state index contributed by atoms with van der Waals surface area (Å²) in [5.41, 5.74) is 5.99. The van der Waals surface area contributed by atoms with Gasteiger partial charge in [0.15, 0.2) is 5.82 Å². The molecule has 0 amide bonds. The molecule has 0 atom stereocenters. The molecule has 0 aliphatic carbocycles. The largest absolute Gasteiger partial charge is 0.290 e. The summed E-state index contributed by atoms with van der Waals surface area (Å²) in [6, 6.07) is 59.1. The average Bonchev–Trinajstić information content (AvgIpc) is 3.77. The van der Waals surface area contributed by atoms with Gasteiger partial charge in [-0.25, -0.2) is 9.97 Å². The van der Waals surface area contributed by atoms with Gasteiger partial charge in [-0.1, -0.05) is 140 Å². The first-order valence-corrected chi connectivity index (χ1v) is 18.5. The lowest BCUT2D eigenvalue weighted by Crippen LogP contribution is -2.04. The third-order valence-corrected chi connectivity index (χ3v) is 12.1. The van der Waals surface area contributed by atoms with E-state index in [4.69, 9.17) is 9.97 Å². The van der Waals surface area contributed by atoms with Gasteiger partial charge < -0.3 is 0 Å². The van der Waals surface area contributed by atoms with E-state index in [0.29, 0.717) is 0 Å². The summed E-state index contributed by atoms with van der Waals surface area (Å²) in [6.07, 6.45) is 0. The Hall–Kier alpha value is -6.62. The van der Waals surface area contributed by atoms with Crippen LogP contribution in [0.2, 0.25) is 0 Å². The van der Waals surface area contributed by atoms with Gasteiger partial charge in [0, 0.05) is 37.2 Å². The lowest BCUT2D eigenvalue weighted by Gasteiger charge is -2.16.